The van der Waals surface area contributed by atoms with Crippen LogP contribution in [0, 0.1) is 5.92 Å². The number of rotatable bonds is 5. The van der Waals surface area contributed by atoms with Crippen molar-refractivity contribution < 1.29 is 14.7 Å². The number of benzene rings is 2. The van der Waals surface area contributed by atoms with E-state index in [4.69, 9.17) is 0 Å². The van der Waals surface area contributed by atoms with Crippen LogP contribution in [0.4, 0.5) is 0 Å². The molecule has 0 aliphatic carbocycles. The Balaban J connectivity index is 1.54. The summed E-state index contributed by atoms with van der Waals surface area (Å²) in [7, 11) is 0. The zero-order chi connectivity index (χ0) is 17.6. The Bertz CT molecular complexity index is 734. The Kier molecular flexibility index (Phi) is 5.49. The molecule has 0 radical (unpaired) electrons. The van der Waals surface area contributed by atoms with Gasteiger partial charge in [0.05, 0.1) is 12.0 Å². The second-order valence-electron chi connectivity index (χ2n) is 6.65. The summed E-state index contributed by atoms with van der Waals surface area (Å²) in [5.74, 6) is -0.352. The van der Waals surface area contributed by atoms with Crippen LogP contribution in [0.25, 0.3) is 0 Å². The zero-order valence-corrected chi connectivity index (χ0v) is 14.2. The molecule has 0 unspecified atom stereocenters. The molecule has 4 nitrogen and oxygen atoms in total. The van der Waals surface area contributed by atoms with Crippen LogP contribution in [-0.4, -0.2) is 35.0 Å². The van der Waals surface area contributed by atoms with E-state index in [0.29, 0.717) is 11.5 Å². The van der Waals surface area contributed by atoms with Crippen molar-refractivity contribution in [2.24, 2.45) is 5.92 Å². The van der Waals surface area contributed by atoms with E-state index in [2.05, 4.69) is 24.3 Å². The molecule has 0 atom stereocenters. The lowest BCUT2D eigenvalue weighted by atomic mass is 9.90. The molecular weight excluding hydrogens is 314 g/mol. The number of nitrogens with zero attached hydrogens (tertiary/aromatic N) is 1. The summed E-state index contributed by atoms with van der Waals surface area (Å²) in [6.07, 6.45) is 3.22. The van der Waals surface area contributed by atoms with Crippen LogP contribution in [0.5, 0.6) is 0 Å². The topological polar surface area (TPSA) is 57.6 Å². The predicted octanol–water partition coefficient (Wildman–Crippen LogP) is 3.41. The molecule has 1 amide bonds. The zero-order valence-electron chi connectivity index (χ0n) is 14.2. The average molecular weight is 337 g/mol. The molecule has 25 heavy (non-hydrogen) atoms. The minimum Gasteiger partial charge on any atom is -0.478 e. The van der Waals surface area contributed by atoms with Crippen LogP contribution in [0.15, 0.2) is 54.6 Å². The number of amides is 1. The van der Waals surface area contributed by atoms with E-state index in [1.165, 1.54) is 5.56 Å². The van der Waals surface area contributed by atoms with Crippen molar-refractivity contribution in [3.05, 3.63) is 71.3 Å². The number of carboxylic acid groups (broad SMARTS) is 1. The first kappa shape index (κ1) is 17.2. The average Bonchev–Trinajstić information content (AvgIpc) is 2.63. The van der Waals surface area contributed by atoms with Gasteiger partial charge in [-0.1, -0.05) is 48.5 Å². The van der Waals surface area contributed by atoms with Gasteiger partial charge < -0.3 is 10.0 Å². The molecule has 1 fully saturated rings. The minimum absolute atomic E-state index is 0.0202. The van der Waals surface area contributed by atoms with Gasteiger partial charge in [-0.3, -0.25) is 4.79 Å². The highest BCUT2D eigenvalue weighted by Crippen LogP contribution is 2.22. The summed E-state index contributed by atoms with van der Waals surface area (Å²) in [4.78, 5) is 25.7. The first-order chi connectivity index (χ1) is 12.1. The molecular formula is C21H23NO3. The van der Waals surface area contributed by atoms with E-state index < -0.39 is 5.97 Å². The maximum Gasteiger partial charge on any atom is 0.335 e. The van der Waals surface area contributed by atoms with Crippen LogP contribution in [0.1, 0.15) is 34.3 Å². The third-order valence-corrected chi connectivity index (χ3v) is 4.92. The molecule has 1 saturated heterocycles. The van der Waals surface area contributed by atoms with E-state index in [1.807, 2.05) is 11.0 Å². The van der Waals surface area contributed by atoms with Crippen molar-refractivity contribution in [3.63, 3.8) is 0 Å². The Labute approximate surface area is 148 Å². The third-order valence-electron chi connectivity index (χ3n) is 4.92. The minimum atomic E-state index is -0.982. The van der Waals surface area contributed by atoms with E-state index in [-0.39, 0.29) is 17.9 Å². The fourth-order valence-electron chi connectivity index (χ4n) is 3.49. The SMILES string of the molecule is O=C(O)c1ccccc1CC(=O)N1CCC(Cc2ccccc2)CC1. The Morgan fingerprint density at radius 1 is 0.960 bits per heavy atom. The van der Waals surface area contributed by atoms with E-state index >= 15 is 0 Å². The van der Waals surface area contributed by atoms with Crippen molar-refractivity contribution in [2.45, 2.75) is 25.7 Å². The van der Waals surface area contributed by atoms with Crippen molar-refractivity contribution >= 4 is 11.9 Å². The van der Waals surface area contributed by atoms with Gasteiger partial charge in [-0.2, -0.15) is 0 Å². The second kappa shape index (κ2) is 7.97. The van der Waals surface area contributed by atoms with Crippen LogP contribution in [-0.2, 0) is 17.6 Å². The fraction of sp³-hybridized carbons (Fsp3) is 0.333. The van der Waals surface area contributed by atoms with E-state index in [9.17, 15) is 14.7 Å². The summed E-state index contributed by atoms with van der Waals surface area (Å²) in [6, 6.07) is 17.2. The number of likely N-dealkylation sites (tertiary alicyclic amines) is 1. The molecule has 3 rings (SSSR count). The summed E-state index contributed by atoms with van der Waals surface area (Å²) in [5, 5.41) is 9.24. The standard InChI is InChI=1S/C21H23NO3/c23-20(15-18-8-4-5-9-19(18)21(24)25)22-12-10-17(11-13-22)14-16-6-2-1-3-7-16/h1-9,17H,10-15H2,(H,24,25). The van der Waals surface area contributed by atoms with Gasteiger partial charge in [0.25, 0.3) is 0 Å². The summed E-state index contributed by atoms with van der Waals surface area (Å²) >= 11 is 0. The lowest BCUT2D eigenvalue weighted by Crippen LogP contribution is -2.39. The predicted molar refractivity (Wildman–Crippen MR) is 96.6 cm³/mol. The molecule has 0 aromatic heterocycles. The van der Waals surface area contributed by atoms with Crippen molar-refractivity contribution in [2.75, 3.05) is 13.1 Å². The van der Waals surface area contributed by atoms with Crippen LogP contribution >= 0.6 is 0 Å². The Hall–Kier alpha value is -2.62. The molecule has 130 valence electrons. The molecule has 0 saturated carbocycles. The highest BCUT2D eigenvalue weighted by Gasteiger charge is 2.24. The van der Waals surface area contributed by atoms with Crippen LogP contribution in [0.2, 0.25) is 0 Å². The van der Waals surface area contributed by atoms with Crippen molar-refractivity contribution in [1.29, 1.82) is 0 Å². The number of piperidine rings is 1. The molecule has 1 N–H and O–H groups in total. The monoisotopic (exact) mass is 337 g/mol. The first-order valence-electron chi connectivity index (χ1n) is 8.76. The quantitative estimate of drug-likeness (QED) is 0.909. The largest absolute Gasteiger partial charge is 0.478 e. The van der Waals surface area contributed by atoms with Gasteiger partial charge in [0, 0.05) is 13.1 Å². The smallest absolute Gasteiger partial charge is 0.335 e. The number of carbonyl (C=O) groups excluding carboxylic acids is 1. The molecule has 2 aromatic carbocycles. The molecule has 0 bridgehead atoms. The van der Waals surface area contributed by atoms with Gasteiger partial charge in [0.2, 0.25) is 5.91 Å². The van der Waals surface area contributed by atoms with Gasteiger partial charge in [0.1, 0.15) is 0 Å². The Morgan fingerprint density at radius 3 is 2.28 bits per heavy atom. The van der Waals surface area contributed by atoms with Gasteiger partial charge in [-0.15, -0.1) is 0 Å². The second-order valence-corrected chi connectivity index (χ2v) is 6.65. The van der Waals surface area contributed by atoms with Crippen LogP contribution in [0.3, 0.4) is 0 Å². The van der Waals surface area contributed by atoms with E-state index in [1.54, 1.807) is 24.3 Å². The van der Waals surface area contributed by atoms with Crippen LogP contribution < -0.4 is 0 Å². The van der Waals surface area contributed by atoms with E-state index in [0.717, 1.165) is 32.4 Å². The normalized spacial score (nSPS) is 15.1. The lowest BCUT2D eigenvalue weighted by Gasteiger charge is -2.32. The van der Waals surface area contributed by atoms with Gasteiger partial charge >= 0.3 is 5.97 Å². The fourth-order valence-corrected chi connectivity index (χ4v) is 3.49. The number of aromatic carboxylic acids is 1. The number of carboxylic acids is 1. The number of hydrogen-bond donors (Lipinski definition) is 1. The maximum atomic E-state index is 12.5. The summed E-state index contributed by atoms with van der Waals surface area (Å²) in [5.41, 5.74) is 2.16. The number of carbonyl (C=O) groups is 2. The lowest BCUT2D eigenvalue weighted by molar-refractivity contribution is -0.131. The number of hydrogen-bond acceptors (Lipinski definition) is 2. The van der Waals surface area contributed by atoms with Gasteiger partial charge in [0.15, 0.2) is 0 Å². The molecule has 1 aliphatic heterocycles. The van der Waals surface area contributed by atoms with Crippen molar-refractivity contribution in [3.8, 4) is 0 Å². The summed E-state index contributed by atoms with van der Waals surface area (Å²) in [6.45, 7) is 1.51. The molecule has 1 aliphatic rings. The van der Waals surface area contributed by atoms with Gasteiger partial charge in [-0.25, -0.2) is 4.79 Å². The highest BCUT2D eigenvalue weighted by molar-refractivity contribution is 5.91. The summed E-state index contributed by atoms with van der Waals surface area (Å²) < 4.78 is 0. The molecule has 2 aromatic rings. The maximum absolute atomic E-state index is 12.5. The molecule has 4 heteroatoms. The third kappa shape index (κ3) is 4.47. The Morgan fingerprint density at radius 2 is 1.60 bits per heavy atom. The van der Waals surface area contributed by atoms with Gasteiger partial charge in [-0.05, 0) is 42.4 Å². The highest BCUT2D eigenvalue weighted by atomic mass is 16.4. The molecule has 0 spiro atoms. The first-order valence-corrected chi connectivity index (χ1v) is 8.76. The van der Waals surface area contributed by atoms with Crippen molar-refractivity contribution in [1.82, 2.24) is 4.90 Å². The molecule has 1 heterocycles.